The SMILES string of the molecule is CNC1CCCN(C(=O)CCc2cc(OC)c(OC)c(OC)c2)C1. The molecule has 1 aromatic carbocycles. The summed E-state index contributed by atoms with van der Waals surface area (Å²) in [5, 5.41) is 3.26. The van der Waals surface area contributed by atoms with Crippen LogP contribution in [0.2, 0.25) is 0 Å². The number of rotatable bonds is 7. The van der Waals surface area contributed by atoms with Crippen LogP contribution in [0.1, 0.15) is 24.8 Å². The maximum atomic E-state index is 12.5. The van der Waals surface area contributed by atoms with Gasteiger partial charge in [-0.15, -0.1) is 0 Å². The van der Waals surface area contributed by atoms with Gasteiger partial charge in [0.05, 0.1) is 21.3 Å². The molecule has 1 aliphatic heterocycles. The van der Waals surface area contributed by atoms with Gasteiger partial charge in [-0.2, -0.15) is 0 Å². The Morgan fingerprint density at radius 1 is 1.21 bits per heavy atom. The Hall–Kier alpha value is -1.95. The Kier molecular flexibility index (Phi) is 6.73. The van der Waals surface area contributed by atoms with Gasteiger partial charge >= 0.3 is 0 Å². The summed E-state index contributed by atoms with van der Waals surface area (Å²) in [6.07, 6.45) is 3.32. The summed E-state index contributed by atoms with van der Waals surface area (Å²) in [5.74, 6) is 2.01. The van der Waals surface area contributed by atoms with Crippen LogP contribution in [0.4, 0.5) is 0 Å². The molecular weight excluding hydrogens is 308 g/mol. The maximum Gasteiger partial charge on any atom is 0.222 e. The molecule has 1 N–H and O–H groups in total. The van der Waals surface area contributed by atoms with Crippen LogP contribution in [0.3, 0.4) is 0 Å². The highest BCUT2D eigenvalue weighted by molar-refractivity contribution is 5.76. The monoisotopic (exact) mass is 336 g/mol. The Morgan fingerprint density at radius 2 is 1.88 bits per heavy atom. The second-order valence-corrected chi connectivity index (χ2v) is 6.00. The summed E-state index contributed by atoms with van der Waals surface area (Å²) in [6, 6.07) is 4.21. The van der Waals surface area contributed by atoms with Crippen LogP contribution in [0.15, 0.2) is 12.1 Å². The lowest BCUT2D eigenvalue weighted by atomic mass is 10.0. The largest absolute Gasteiger partial charge is 0.493 e. The van der Waals surface area contributed by atoms with Crippen LogP contribution in [-0.2, 0) is 11.2 Å². The molecule has 1 amide bonds. The van der Waals surface area contributed by atoms with E-state index in [2.05, 4.69) is 5.32 Å². The molecule has 0 aliphatic carbocycles. The number of hydrogen-bond acceptors (Lipinski definition) is 5. The van der Waals surface area contributed by atoms with Crippen molar-refractivity contribution in [3.8, 4) is 17.2 Å². The number of hydrogen-bond donors (Lipinski definition) is 1. The smallest absolute Gasteiger partial charge is 0.222 e. The minimum atomic E-state index is 0.198. The lowest BCUT2D eigenvalue weighted by Crippen LogP contribution is -2.47. The fourth-order valence-corrected chi connectivity index (χ4v) is 3.13. The molecule has 1 saturated heterocycles. The van der Waals surface area contributed by atoms with E-state index in [1.165, 1.54) is 0 Å². The van der Waals surface area contributed by atoms with Gasteiger partial charge in [0.15, 0.2) is 11.5 Å². The summed E-state index contributed by atoms with van der Waals surface area (Å²) in [7, 11) is 6.72. The van der Waals surface area contributed by atoms with Crippen molar-refractivity contribution < 1.29 is 19.0 Å². The van der Waals surface area contributed by atoms with Crippen LogP contribution in [0.5, 0.6) is 17.2 Å². The third kappa shape index (κ3) is 4.32. The number of piperidine rings is 1. The molecule has 1 unspecified atom stereocenters. The number of ether oxygens (including phenoxy) is 3. The molecule has 0 saturated carbocycles. The van der Waals surface area contributed by atoms with Crippen LogP contribution < -0.4 is 19.5 Å². The van der Waals surface area contributed by atoms with Crippen LogP contribution >= 0.6 is 0 Å². The predicted molar refractivity (Wildman–Crippen MR) is 93.1 cm³/mol. The van der Waals surface area contributed by atoms with Gasteiger partial charge in [-0.1, -0.05) is 0 Å². The summed E-state index contributed by atoms with van der Waals surface area (Å²) < 4.78 is 16.1. The van der Waals surface area contributed by atoms with Crippen molar-refractivity contribution in [1.82, 2.24) is 10.2 Å². The number of benzene rings is 1. The second kappa shape index (κ2) is 8.78. The highest BCUT2D eigenvalue weighted by atomic mass is 16.5. The average molecular weight is 336 g/mol. The van der Waals surface area contributed by atoms with Crippen molar-refractivity contribution in [1.29, 1.82) is 0 Å². The van der Waals surface area contributed by atoms with E-state index in [1.54, 1.807) is 21.3 Å². The first kappa shape index (κ1) is 18.4. The zero-order valence-electron chi connectivity index (χ0n) is 15.1. The average Bonchev–Trinajstić information content (AvgIpc) is 2.64. The molecule has 2 rings (SSSR count). The highest BCUT2D eigenvalue weighted by Gasteiger charge is 2.22. The molecule has 1 aromatic rings. The van der Waals surface area contributed by atoms with Crippen molar-refractivity contribution in [2.24, 2.45) is 0 Å². The van der Waals surface area contributed by atoms with E-state index >= 15 is 0 Å². The standard InChI is InChI=1S/C18H28N2O4/c1-19-14-6-5-9-20(12-14)17(21)8-7-13-10-15(22-2)18(24-4)16(11-13)23-3/h10-11,14,19H,5-9,12H2,1-4H3. The van der Waals surface area contributed by atoms with Crippen molar-refractivity contribution in [3.63, 3.8) is 0 Å². The summed E-state index contributed by atoms with van der Waals surface area (Å²) in [4.78, 5) is 14.4. The Bertz CT molecular complexity index is 537. The lowest BCUT2D eigenvalue weighted by Gasteiger charge is -2.32. The van der Waals surface area contributed by atoms with Gasteiger partial charge < -0.3 is 24.4 Å². The van der Waals surface area contributed by atoms with Gasteiger partial charge in [0.1, 0.15) is 0 Å². The Morgan fingerprint density at radius 3 is 2.42 bits per heavy atom. The first-order valence-electron chi connectivity index (χ1n) is 8.36. The fraction of sp³-hybridized carbons (Fsp3) is 0.611. The number of methoxy groups -OCH3 is 3. The zero-order chi connectivity index (χ0) is 17.5. The number of amides is 1. The molecule has 134 valence electrons. The topological polar surface area (TPSA) is 60.0 Å². The molecule has 6 heteroatoms. The second-order valence-electron chi connectivity index (χ2n) is 6.00. The minimum Gasteiger partial charge on any atom is -0.493 e. The van der Waals surface area contributed by atoms with E-state index in [1.807, 2.05) is 24.1 Å². The third-order valence-corrected chi connectivity index (χ3v) is 4.53. The number of carbonyl (C=O) groups is 1. The first-order valence-corrected chi connectivity index (χ1v) is 8.36. The molecule has 1 aliphatic rings. The highest BCUT2D eigenvalue weighted by Crippen LogP contribution is 2.38. The van der Waals surface area contributed by atoms with E-state index in [9.17, 15) is 4.79 Å². The summed E-state index contributed by atoms with van der Waals surface area (Å²) >= 11 is 0. The third-order valence-electron chi connectivity index (χ3n) is 4.53. The minimum absolute atomic E-state index is 0.198. The predicted octanol–water partition coefficient (Wildman–Crippen LogP) is 1.86. The first-order chi connectivity index (χ1) is 11.6. The molecule has 0 bridgehead atoms. The number of likely N-dealkylation sites (tertiary alicyclic amines) is 1. The van der Waals surface area contributed by atoms with Crippen molar-refractivity contribution in [3.05, 3.63) is 17.7 Å². The fourth-order valence-electron chi connectivity index (χ4n) is 3.13. The van der Waals surface area contributed by atoms with Crippen molar-refractivity contribution in [2.45, 2.75) is 31.7 Å². The van der Waals surface area contributed by atoms with Gasteiger partial charge in [0.2, 0.25) is 11.7 Å². The maximum absolute atomic E-state index is 12.5. The van der Waals surface area contributed by atoms with Crippen LogP contribution in [-0.4, -0.2) is 58.3 Å². The van der Waals surface area contributed by atoms with Gasteiger partial charge in [-0.3, -0.25) is 4.79 Å². The van der Waals surface area contributed by atoms with E-state index in [0.717, 1.165) is 31.5 Å². The van der Waals surface area contributed by atoms with Crippen LogP contribution in [0.25, 0.3) is 0 Å². The van der Waals surface area contributed by atoms with Gasteiger partial charge in [0.25, 0.3) is 0 Å². The summed E-state index contributed by atoms with van der Waals surface area (Å²) in [5.41, 5.74) is 1.00. The van der Waals surface area contributed by atoms with E-state index in [4.69, 9.17) is 14.2 Å². The normalized spacial score (nSPS) is 17.5. The molecule has 0 spiro atoms. The molecule has 1 atom stereocenters. The number of likely N-dealkylation sites (N-methyl/N-ethyl adjacent to an activating group) is 1. The van der Waals surface area contributed by atoms with Crippen molar-refractivity contribution in [2.75, 3.05) is 41.5 Å². The van der Waals surface area contributed by atoms with Gasteiger partial charge in [-0.05, 0) is 44.0 Å². The molecule has 0 radical (unpaired) electrons. The molecule has 1 fully saturated rings. The molecule has 0 aromatic heterocycles. The van der Waals surface area contributed by atoms with Crippen molar-refractivity contribution >= 4 is 5.91 Å². The summed E-state index contributed by atoms with van der Waals surface area (Å²) in [6.45, 7) is 1.65. The Labute approximate surface area is 144 Å². The van der Waals surface area contributed by atoms with Crippen LogP contribution in [0, 0.1) is 0 Å². The molecule has 1 heterocycles. The number of aryl methyl sites for hydroxylation is 1. The number of nitrogens with one attached hydrogen (secondary N) is 1. The molecule has 6 nitrogen and oxygen atoms in total. The quantitative estimate of drug-likeness (QED) is 0.823. The molecule has 24 heavy (non-hydrogen) atoms. The van der Waals surface area contributed by atoms with E-state index in [-0.39, 0.29) is 5.91 Å². The zero-order valence-corrected chi connectivity index (χ0v) is 15.1. The van der Waals surface area contributed by atoms with E-state index < -0.39 is 0 Å². The van der Waals surface area contributed by atoms with E-state index in [0.29, 0.717) is 36.1 Å². The number of carbonyl (C=O) groups excluding carboxylic acids is 1. The lowest BCUT2D eigenvalue weighted by molar-refractivity contribution is -0.132. The van der Waals surface area contributed by atoms with Gasteiger partial charge in [-0.25, -0.2) is 0 Å². The molecular formula is C18H28N2O4. The van der Waals surface area contributed by atoms with Gasteiger partial charge in [0, 0.05) is 25.6 Å². The Balaban J connectivity index is 2.02. The number of nitrogens with zero attached hydrogens (tertiary/aromatic N) is 1.